The van der Waals surface area contributed by atoms with Crippen molar-refractivity contribution in [1.82, 2.24) is 5.43 Å². The number of hydrazone groups is 1. The molecule has 10 heavy (non-hydrogen) atoms. The Kier molecular flexibility index (Phi) is 1.60. The summed E-state index contributed by atoms with van der Waals surface area (Å²) < 4.78 is 0. The van der Waals surface area contributed by atoms with Crippen molar-refractivity contribution < 1.29 is 0 Å². The van der Waals surface area contributed by atoms with Crippen LogP contribution in [0.1, 0.15) is 32.1 Å². The van der Waals surface area contributed by atoms with Gasteiger partial charge < -0.3 is 0 Å². The number of hydrogen-bond acceptors (Lipinski definition) is 3. The van der Waals surface area contributed by atoms with Gasteiger partial charge in [0.25, 0.3) is 0 Å². The Morgan fingerprint density at radius 2 is 2.10 bits per heavy atom. The van der Waals surface area contributed by atoms with Crippen LogP contribution in [0.5, 0.6) is 0 Å². The Morgan fingerprint density at radius 3 is 2.70 bits per heavy atom. The third-order valence-corrected chi connectivity index (χ3v) is 3.42. The lowest BCUT2D eigenvalue weighted by molar-refractivity contribution is 0.351. The fourth-order valence-corrected chi connectivity index (χ4v) is 2.59. The van der Waals surface area contributed by atoms with E-state index in [1.54, 1.807) is 0 Å². The van der Waals surface area contributed by atoms with Crippen molar-refractivity contribution in [3.63, 3.8) is 0 Å². The van der Waals surface area contributed by atoms with Gasteiger partial charge in [-0.1, -0.05) is 31.0 Å². The largest absolute Gasteiger partial charge is 0.293 e. The van der Waals surface area contributed by atoms with Crippen molar-refractivity contribution in [3.05, 3.63) is 0 Å². The highest BCUT2D eigenvalue weighted by atomic mass is 32.2. The lowest BCUT2D eigenvalue weighted by Gasteiger charge is -2.31. The molecule has 0 radical (unpaired) electrons. The summed E-state index contributed by atoms with van der Waals surface area (Å²) in [5.74, 6) is 0. The Hall–Kier alpha value is -0.180. The second kappa shape index (κ2) is 2.46. The summed E-state index contributed by atoms with van der Waals surface area (Å²) in [5.41, 5.74) is 5.14. The van der Waals surface area contributed by atoms with E-state index in [1.165, 1.54) is 32.1 Å². The van der Waals surface area contributed by atoms with Gasteiger partial charge in [-0.25, -0.2) is 0 Å². The molecule has 0 aromatic carbocycles. The summed E-state index contributed by atoms with van der Waals surface area (Å²) in [7, 11) is 0. The Morgan fingerprint density at radius 1 is 1.30 bits per heavy atom. The molecule has 1 fully saturated rings. The van der Waals surface area contributed by atoms with Gasteiger partial charge in [0.2, 0.25) is 0 Å². The molecule has 0 aromatic rings. The zero-order chi connectivity index (χ0) is 6.86. The minimum Gasteiger partial charge on any atom is -0.293 e. The zero-order valence-corrected chi connectivity index (χ0v) is 6.78. The van der Waals surface area contributed by atoms with E-state index in [9.17, 15) is 0 Å². The molecule has 0 unspecified atom stereocenters. The van der Waals surface area contributed by atoms with E-state index in [1.807, 2.05) is 17.3 Å². The van der Waals surface area contributed by atoms with Crippen LogP contribution in [0.2, 0.25) is 0 Å². The van der Waals surface area contributed by atoms with Gasteiger partial charge >= 0.3 is 0 Å². The molecule has 1 N–H and O–H groups in total. The maximum atomic E-state index is 4.05. The molecule has 0 saturated heterocycles. The monoisotopic (exact) mass is 156 g/mol. The molecule has 0 aromatic heterocycles. The molecule has 0 atom stereocenters. The van der Waals surface area contributed by atoms with E-state index in [2.05, 4.69) is 10.5 Å². The van der Waals surface area contributed by atoms with Crippen molar-refractivity contribution >= 4 is 17.3 Å². The smallest absolute Gasteiger partial charge is 0.105 e. The summed E-state index contributed by atoms with van der Waals surface area (Å²) in [6, 6.07) is 0. The zero-order valence-electron chi connectivity index (χ0n) is 5.97. The quantitative estimate of drug-likeness (QED) is 0.579. The topological polar surface area (TPSA) is 24.4 Å². The average molecular weight is 156 g/mol. The summed E-state index contributed by atoms with van der Waals surface area (Å²) in [6.45, 7) is 0. The van der Waals surface area contributed by atoms with Crippen molar-refractivity contribution in [1.29, 1.82) is 0 Å². The van der Waals surface area contributed by atoms with Crippen LogP contribution in [-0.2, 0) is 0 Å². The first-order valence-corrected chi connectivity index (χ1v) is 4.76. The highest BCUT2D eigenvalue weighted by Gasteiger charge is 2.33. The number of rotatable bonds is 0. The van der Waals surface area contributed by atoms with Crippen molar-refractivity contribution in [2.45, 2.75) is 37.0 Å². The molecule has 2 nitrogen and oxygen atoms in total. The molecular weight excluding hydrogens is 144 g/mol. The first-order valence-electron chi connectivity index (χ1n) is 3.88. The fraction of sp³-hybridized carbons (Fsp3) is 0.857. The second-order valence-corrected chi connectivity index (χ2v) is 4.25. The van der Waals surface area contributed by atoms with E-state index >= 15 is 0 Å². The maximum absolute atomic E-state index is 4.05. The predicted molar refractivity (Wildman–Crippen MR) is 45.0 cm³/mol. The maximum Gasteiger partial charge on any atom is 0.105 e. The van der Waals surface area contributed by atoms with E-state index in [0.29, 0.717) is 4.87 Å². The van der Waals surface area contributed by atoms with Gasteiger partial charge in [-0.2, -0.15) is 5.10 Å². The van der Waals surface area contributed by atoms with Crippen LogP contribution in [0, 0.1) is 0 Å². The van der Waals surface area contributed by atoms with Gasteiger partial charge in [-0.15, -0.1) is 0 Å². The van der Waals surface area contributed by atoms with Crippen molar-refractivity contribution in [2.24, 2.45) is 5.10 Å². The second-order valence-electron chi connectivity index (χ2n) is 3.02. The van der Waals surface area contributed by atoms with Crippen molar-refractivity contribution in [2.75, 3.05) is 0 Å². The standard InChI is InChI=1S/C7H12N2S/c1-2-4-7(5-3-1)9-8-6-10-7/h6,9H,1-5H2. The summed E-state index contributed by atoms with van der Waals surface area (Å²) in [6.07, 6.45) is 6.71. The Balaban J connectivity index is 2.00. The number of thioether (sulfide) groups is 1. The first kappa shape index (κ1) is 6.53. The minimum atomic E-state index is 0.318. The van der Waals surface area contributed by atoms with Crippen LogP contribution >= 0.6 is 11.8 Å². The number of nitrogens with zero attached hydrogens (tertiary/aromatic N) is 1. The predicted octanol–water partition coefficient (Wildman–Crippen LogP) is 1.93. The third-order valence-electron chi connectivity index (χ3n) is 2.26. The van der Waals surface area contributed by atoms with Gasteiger partial charge in [-0.05, 0) is 12.8 Å². The van der Waals surface area contributed by atoms with Gasteiger partial charge in [0, 0.05) is 0 Å². The molecule has 2 rings (SSSR count). The highest BCUT2D eigenvalue weighted by Crippen LogP contribution is 2.38. The molecule has 3 heteroatoms. The molecule has 1 spiro atoms. The molecule has 1 aliphatic carbocycles. The highest BCUT2D eigenvalue weighted by molar-refractivity contribution is 8.13. The minimum absolute atomic E-state index is 0.318. The molecule has 56 valence electrons. The van der Waals surface area contributed by atoms with E-state index < -0.39 is 0 Å². The fourth-order valence-electron chi connectivity index (χ4n) is 1.65. The van der Waals surface area contributed by atoms with Crippen LogP contribution in [0.3, 0.4) is 0 Å². The lowest BCUT2D eigenvalue weighted by Crippen LogP contribution is -2.37. The van der Waals surface area contributed by atoms with E-state index in [4.69, 9.17) is 0 Å². The van der Waals surface area contributed by atoms with Crippen LogP contribution in [0.25, 0.3) is 0 Å². The number of hydrogen-bond donors (Lipinski definition) is 1. The van der Waals surface area contributed by atoms with E-state index in [0.717, 1.165) is 0 Å². The molecule has 0 amide bonds. The molecule has 1 heterocycles. The molecule has 2 aliphatic rings. The summed E-state index contributed by atoms with van der Waals surface area (Å²) in [5, 5.41) is 4.05. The Labute approximate surface area is 65.5 Å². The Bertz CT molecular complexity index is 140. The van der Waals surface area contributed by atoms with Crippen LogP contribution in [0.4, 0.5) is 0 Å². The summed E-state index contributed by atoms with van der Waals surface area (Å²) >= 11 is 1.86. The van der Waals surface area contributed by atoms with Crippen LogP contribution in [-0.4, -0.2) is 10.4 Å². The molecule has 1 aliphatic heterocycles. The lowest BCUT2D eigenvalue weighted by atomic mass is 9.95. The molecule has 0 bridgehead atoms. The van der Waals surface area contributed by atoms with Gasteiger partial charge in [-0.3, -0.25) is 5.43 Å². The number of nitrogens with one attached hydrogen (secondary N) is 1. The van der Waals surface area contributed by atoms with Gasteiger partial charge in [0.1, 0.15) is 4.87 Å². The first-order chi connectivity index (χ1) is 4.91. The normalized spacial score (nSPS) is 28.8. The van der Waals surface area contributed by atoms with E-state index in [-0.39, 0.29) is 0 Å². The van der Waals surface area contributed by atoms with Crippen molar-refractivity contribution in [3.8, 4) is 0 Å². The molecular formula is C7H12N2S. The van der Waals surface area contributed by atoms with Crippen LogP contribution < -0.4 is 5.43 Å². The van der Waals surface area contributed by atoms with Gasteiger partial charge in [0.15, 0.2) is 0 Å². The molecule has 1 saturated carbocycles. The average Bonchev–Trinajstić information content (AvgIpc) is 2.39. The summed E-state index contributed by atoms with van der Waals surface area (Å²) in [4.78, 5) is 0.318. The van der Waals surface area contributed by atoms with Gasteiger partial charge in [0.05, 0.1) is 5.55 Å². The SMILES string of the molecule is C1=NNC2(CCCCC2)S1. The third kappa shape index (κ3) is 1.03. The van der Waals surface area contributed by atoms with Crippen LogP contribution in [0.15, 0.2) is 5.10 Å².